The molecule has 2 N–H and O–H groups in total. The average Bonchev–Trinajstić information content (AvgIpc) is 2.95. The number of amides is 2. The van der Waals surface area contributed by atoms with Crippen LogP contribution in [0.25, 0.3) is 0 Å². The Bertz CT molecular complexity index is 798. The number of anilines is 1. The van der Waals surface area contributed by atoms with Gasteiger partial charge in [-0.25, -0.2) is 4.98 Å². The Labute approximate surface area is 156 Å². The van der Waals surface area contributed by atoms with Gasteiger partial charge in [0, 0.05) is 36.1 Å². The zero-order valence-corrected chi connectivity index (χ0v) is 16.0. The molecule has 7 nitrogen and oxygen atoms in total. The van der Waals surface area contributed by atoms with E-state index in [0.717, 1.165) is 23.5 Å². The highest BCUT2D eigenvalue weighted by atomic mass is 32.1. The first-order valence-electron chi connectivity index (χ1n) is 8.54. The van der Waals surface area contributed by atoms with Gasteiger partial charge in [0.1, 0.15) is 5.69 Å². The number of carbonyl (C=O) groups excluding carboxylic acids is 2. The molecule has 0 spiro atoms. The first-order chi connectivity index (χ1) is 12.3. The Balaban J connectivity index is 1.60. The number of nitrogens with one attached hydrogen (secondary N) is 2. The standard InChI is InChI=1S/C18H23N5O2S/c1-18(2,3)22-15(24)11-23-9-7-12-14(10-23)26-17(20-12)21-16(25)13-6-4-5-8-19-13/h4-6,8H,7,9-11H2,1-3H3,(H,22,24)(H,20,21,25). The highest BCUT2D eigenvalue weighted by Gasteiger charge is 2.24. The molecule has 0 radical (unpaired) electrons. The van der Waals surface area contributed by atoms with Crippen LogP contribution in [0.4, 0.5) is 5.13 Å². The van der Waals surface area contributed by atoms with Crippen LogP contribution >= 0.6 is 11.3 Å². The largest absolute Gasteiger partial charge is 0.350 e. The molecular weight excluding hydrogens is 350 g/mol. The molecule has 3 heterocycles. The number of fused-ring (bicyclic) bond motifs is 1. The Morgan fingerprint density at radius 1 is 1.31 bits per heavy atom. The Hall–Kier alpha value is -2.32. The van der Waals surface area contributed by atoms with Crippen LogP contribution < -0.4 is 10.6 Å². The van der Waals surface area contributed by atoms with Crippen molar-refractivity contribution in [2.75, 3.05) is 18.4 Å². The molecule has 3 rings (SSSR count). The summed E-state index contributed by atoms with van der Waals surface area (Å²) in [5.74, 6) is -0.243. The maximum atomic E-state index is 12.2. The fourth-order valence-electron chi connectivity index (χ4n) is 2.76. The van der Waals surface area contributed by atoms with Gasteiger partial charge in [0.25, 0.3) is 5.91 Å². The highest BCUT2D eigenvalue weighted by molar-refractivity contribution is 7.15. The number of rotatable bonds is 4. The fraction of sp³-hybridized carbons (Fsp3) is 0.444. The van der Waals surface area contributed by atoms with Crippen molar-refractivity contribution in [3.05, 3.63) is 40.7 Å². The molecule has 0 saturated heterocycles. The maximum absolute atomic E-state index is 12.2. The lowest BCUT2D eigenvalue weighted by Gasteiger charge is -2.27. The van der Waals surface area contributed by atoms with Gasteiger partial charge >= 0.3 is 0 Å². The van der Waals surface area contributed by atoms with Crippen LogP contribution in [0.5, 0.6) is 0 Å². The molecule has 8 heteroatoms. The number of hydrogen-bond acceptors (Lipinski definition) is 6. The molecule has 0 fully saturated rings. The minimum atomic E-state index is -0.266. The van der Waals surface area contributed by atoms with Crippen molar-refractivity contribution in [2.45, 2.75) is 39.3 Å². The summed E-state index contributed by atoms with van der Waals surface area (Å²) in [6.45, 7) is 7.73. The van der Waals surface area contributed by atoms with Crippen LogP contribution in [0.1, 0.15) is 41.8 Å². The first kappa shape index (κ1) is 18.5. The molecule has 26 heavy (non-hydrogen) atoms. The van der Waals surface area contributed by atoms with Crippen molar-refractivity contribution in [1.82, 2.24) is 20.2 Å². The van der Waals surface area contributed by atoms with Crippen LogP contribution in [0.15, 0.2) is 24.4 Å². The fourth-order valence-corrected chi connectivity index (χ4v) is 3.80. The second-order valence-corrected chi connectivity index (χ2v) is 8.40. The van der Waals surface area contributed by atoms with Gasteiger partial charge < -0.3 is 5.32 Å². The van der Waals surface area contributed by atoms with E-state index in [1.165, 1.54) is 11.3 Å². The van der Waals surface area contributed by atoms with Gasteiger partial charge in [0.2, 0.25) is 5.91 Å². The van der Waals surface area contributed by atoms with Gasteiger partial charge in [-0.1, -0.05) is 6.07 Å². The molecule has 1 aliphatic rings. The quantitative estimate of drug-likeness (QED) is 0.857. The lowest BCUT2D eigenvalue weighted by Crippen LogP contribution is -2.46. The van der Waals surface area contributed by atoms with Gasteiger partial charge in [0.15, 0.2) is 5.13 Å². The maximum Gasteiger partial charge on any atom is 0.276 e. The van der Waals surface area contributed by atoms with Gasteiger partial charge in [0.05, 0.1) is 12.2 Å². The molecular formula is C18H23N5O2S. The molecule has 2 aromatic heterocycles. The molecule has 138 valence electrons. The van der Waals surface area contributed by atoms with Crippen LogP contribution in [0.2, 0.25) is 0 Å². The van der Waals surface area contributed by atoms with Crippen molar-refractivity contribution in [2.24, 2.45) is 0 Å². The third-order valence-corrected chi connectivity index (χ3v) is 4.81. The van der Waals surface area contributed by atoms with E-state index in [0.29, 0.717) is 23.9 Å². The van der Waals surface area contributed by atoms with E-state index >= 15 is 0 Å². The van der Waals surface area contributed by atoms with Crippen LogP contribution in [0, 0.1) is 0 Å². The smallest absolute Gasteiger partial charge is 0.276 e. The third-order valence-electron chi connectivity index (χ3n) is 3.81. The summed E-state index contributed by atoms with van der Waals surface area (Å²) in [7, 11) is 0. The monoisotopic (exact) mass is 373 g/mol. The summed E-state index contributed by atoms with van der Waals surface area (Å²) in [6.07, 6.45) is 2.36. The lowest BCUT2D eigenvalue weighted by atomic mass is 10.1. The average molecular weight is 373 g/mol. The van der Waals surface area contributed by atoms with Crippen LogP contribution in [-0.2, 0) is 17.8 Å². The van der Waals surface area contributed by atoms with Gasteiger partial charge in [-0.3, -0.25) is 24.8 Å². The van der Waals surface area contributed by atoms with E-state index in [2.05, 4.69) is 25.5 Å². The van der Waals surface area contributed by atoms with Gasteiger partial charge in [-0.05, 0) is 32.9 Å². The number of nitrogens with zero attached hydrogens (tertiary/aromatic N) is 3. The summed E-state index contributed by atoms with van der Waals surface area (Å²) in [5.41, 5.74) is 1.13. The Kier molecular flexibility index (Phi) is 5.33. The SMILES string of the molecule is CC(C)(C)NC(=O)CN1CCc2nc(NC(=O)c3ccccn3)sc2C1. The zero-order chi connectivity index (χ0) is 18.7. The topological polar surface area (TPSA) is 87.2 Å². The summed E-state index contributed by atoms with van der Waals surface area (Å²) < 4.78 is 0. The van der Waals surface area contributed by atoms with Gasteiger partial charge in [-0.2, -0.15) is 0 Å². The molecule has 1 aliphatic heterocycles. The molecule has 2 aromatic rings. The zero-order valence-electron chi connectivity index (χ0n) is 15.2. The van der Waals surface area contributed by atoms with E-state index in [9.17, 15) is 9.59 Å². The predicted molar refractivity (Wildman–Crippen MR) is 101 cm³/mol. The normalized spacial score (nSPS) is 14.6. The second kappa shape index (κ2) is 7.51. The first-order valence-corrected chi connectivity index (χ1v) is 9.36. The van der Waals surface area contributed by atoms with E-state index in [4.69, 9.17) is 0 Å². The van der Waals surface area contributed by atoms with Crippen molar-refractivity contribution in [3.8, 4) is 0 Å². The van der Waals surface area contributed by atoms with Gasteiger partial charge in [-0.15, -0.1) is 11.3 Å². The molecule has 0 atom stereocenters. The van der Waals surface area contributed by atoms with Crippen molar-refractivity contribution in [1.29, 1.82) is 0 Å². The predicted octanol–water partition coefficient (Wildman–Crippen LogP) is 2.06. The number of thiazole rings is 1. The molecule has 0 saturated carbocycles. The molecule has 0 bridgehead atoms. The minimum Gasteiger partial charge on any atom is -0.350 e. The Morgan fingerprint density at radius 2 is 2.12 bits per heavy atom. The number of aromatic nitrogens is 2. The van der Waals surface area contributed by atoms with E-state index in [1.54, 1.807) is 24.4 Å². The molecule has 0 aliphatic carbocycles. The second-order valence-electron chi connectivity index (χ2n) is 7.32. The van der Waals surface area contributed by atoms with Crippen LogP contribution in [-0.4, -0.2) is 45.3 Å². The minimum absolute atomic E-state index is 0.0224. The number of hydrogen-bond donors (Lipinski definition) is 2. The summed E-state index contributed by atoms with van der Waals surface area (Å²) in [5, 5.41) is 6.37. The van der Waals surface area contributed by atoms with Crippen molar-refractivity contribution < 1.29 is 9.59 Å². The number of pyridine rings is 1. The highest BCUT2D eigenvalue weighted by Crippen LogP contribution is 2.28. The third kappa shape index (κ3) is 4.86. The van der Waals surface area contributed by atoms with Crippen molar-refractivity contribution in [3.63, 3.8) is 0 Å². The van der Waals surface area contributed by atoms with E-state index < -0.39 is 0 Å². The molecule has 0 unspecified atom stereocenters. The summed E-state index contributed by atoms with van der Waals surface area (Å²) >= 11 is 1.46. The summed E-state index contributed by atoms with van der Waals surface area (Å²) in [6, 6.07) is 5.21. The molecule has 0 aromatic carbocycles. The Morgan fingerprint density at radius 3 is 2.81 bits per heavy atom. The number of carbonyl (C=O) groups is 2. The lowest BCUT2D eigenvalue weighted by molar-refractivity contribution is -0.123. The molecule has 2 amide bonds. The van der Waals surface area contributed by atoms with E-state index in [-0.39, 0.29) is 17.4 Å². The van der Waals surface area contributed by atoms with E-state index in [1.807, 2.05) is 20.8 Å². The van der Waals surface area contributed by atoms with Crippen molar-refractivity contribution >= 4 is 28.3 Å². The van der Waals surface area contributed by atoms with Crippen LogP contribution in [0.3, 0.4) is 0 Å². The summed E-state index contributed by atoms with van der Waals surface area (Å²) in [4.78, 5) is 36.1.